The molecule has 0 atom stereocenters. The van der Waals surface area contributed by atoms with Crippen LogP contribution in [-0.4, -0.2) is 17.1 Å². The van der Waals surface area contributed by atoms with Crippen molar-refractivity contribution in [2.45, 2.75) is 13.0 Å². The molecule has 1 aromatic carbocycles. The highest BCUT2D eigenvalue weighted by molar-refractivity contribution is 5.28. The van der Waals surface area contributed by atoms with Gasteiger partial charge in [-0.2, -0.15) is 0 Å². The number of hydrogen-bond acceptors (Lipinski definition) is 4. The van der Waals surface area contributed by atoms with Gasteiger partial charge in [-0.05, 0) is 23.8 Å². The van der Waals surface area contributed by atoms with Gasteiger partial charge in [-0.1, -0.05) is 12.1 Å². The summed E-state index contributed by atoms with van der Waals surface area (Å²) < 4.78 is 5.11. The standard InChI is InChI=1S/C13H15N3O/c1-17-12-4-2-10(3-5-12)8-13-15-7-6-11(9-14)16-13/h2-7H,8-9,14H2,1H3. The molecule has 4 nitrogen and oxygen atoms in total. The largest absolute Gasteiger partial charge is 0.497 e. The van der Waals surface area contributed by atoms with E-state index >= 15 is 0 Å². The summed E-state index contributed by atoms with van der Waals surface area (Å²) >= 11 is 0. The van der Waals surface area contributed by atoms with Crippen molar-refractivity contribution in [3.63, 3.8) is 0 Å². The molecule has 0 aliphatic rings. The fraction of sp³-hybridized carbons (Fsp3) is 0.231. The third-order valence-electron chi connectivity index (χ3n) is 2.49. The highest BCUT2D eigenvalue weighted by Crippen LogP contribution is 2.13. The quantitative estimate of drug-likeness (QED) is 0.863. The van der Waals surface area contributed by atoms with E-state index in [1.54, 1.807) is 13.3 Å². The molecule has 0 aliphatic heterocycles. The Balaban J connectivity index is 2.13. The summed E-state index contributed by atoms with van der Waals surface area (Å²) in [4.78, 5) is 8.59. The van der Waals surface area contributed by atoms with Gasteiger partial charge < -0.3 is 10.5 Å². The van der Waals surface area contributed by atoms with Gasteiger partial charge in [0.25, 0.3) is 0 Å². The first kappa shape index (κ1) is 11.5. The van der Waals surface area contributed by atoms with Gasteiger partial charge in [0.2, 0.25) is 0 Å². The average Bonchev–Trinajstić information content (AvgIpc) is 2.40. The maximum Gasteiger partial charge on any atom is 0.132 e. The Morgan fingerprint density at radius 2 is 1.94 bits per heavy atom. The Morgan fingerprint density at radius 1 is 1.18 bits per heavy atom. The molecule has 1 heterocycles. The molecule has 4 heteroatoms. The second-order valence-corrected chi connectivity index (χ2v) is 3.69. The van der Waals surface area contributed by atoms with Gasteiger partial charge in [-0.15, -0.1) is 0 Å². The fourth-order valence-electron chi connectivity index (χ4n) is 1.57. The van der Waals surface area contributed by atoms with Crippen molar-refractivity contribution in [2.75, 3.05) is 7.11 Å². The van der Waals surface area contributed by atoms with Crippen LogP contribution in [0.15, 0.2) is 36.5 Å². The Kier molecular flexibility index (Phi) is 3.67. The van der Waals surface area contributed by atoms with Gasteiger partial charge in [-0.3, -0.25) is 0 Å². The summed E-state index contributed by atoms with van der Waals surface area (Å²) in [5, 5.41) is 0. The zero-order valence-corrected chi connectivity index (χ0v) is 9.76. The van der Waals surface area contributed by atoms with E-state index in [1.165, 1.54) is 0 Å². The van der Waals surface area contributed by atoms with Gasteiger partial charge in [0.15, 0.2) is 0 Å². The molecule has 0 bridgehead atoms. The van der Waals surface area contributed by atoms with Crippen LogP contribution < -0.4 is 10.5 Å². The fourth-order valence-corrected chi connectivity index (χ4v) is 1.57. The van der Waals surface area contributed by atoms with Crippen molar-refractivity contribution in [1.29, 1.82) is 0 Å². The maximum atomic E-state index is 5.54. The molecule has 0 amide bonds. The van der Waals surface area contributed by atoms with Crippen molar-refractivity contribution in [3.8, 4) is 5.75 Å². The van der Waals surface area contributed by atoms with Crippen molar-refractivity contribution >= 4 is 0 Å². The summed E-state index contributed by atoms with van der Waals surface area (Å²) in [6.07, 6.45) is 2.45. The molecule has 0 saturated heterocycles. The third kappa shape index (κ3) is 3.01. The number of aromatic nitrogens is 2. The molecule has 2 N–H and O–H groups in total. The molecule has 0 fully saturated rings. The SMILES string of the molecule is COc1ccc(Cc2nccc(CN)n2)cc1. The van der Waals surface area contributed by atoms with E-state index in [4.69, 9.17) is 10.5 Å². The van der Waals surface area contributed by atoms with Crippen LogP contribution in [0.5, 0.6) is 5.75 Å². The van der Waals surface area contributed by atoms with Crippen molar-refractivity contribution in [3.05, 3.63) is 53.6 Å². The van der Waals surface area contributed by atoms with Gasteiger partial charge in [0, 0.05) is 19.2 Å². The van der Waals surface area contributed by atoms with E-state index in [9.17, 15) is 0 Å². The number of ether oxygens (including phenoxy) is 1. The number of benzene rings is 1. The van der Waals surface area contributed by atoms with Gasteiger partial charge in [-0.25, -0.2) is 9.97 Å². The highest BCUT2D eigenvalue weighted by atomic mass is 16.5. The van der Waals surface area contributed by atoms with E-state index in [1.807, 2.05) is 30.3 Å². The third-order valence-corrected chi connectivity index (χ3v) is 2.49. The molecule has 2 rings (SSSR count). The lowest BCUT2D eigenvalue weighted by molar-refractivity contribution is 0.414. The van der Waals surface area contributed by atoms with Gasteiger partial charge in [0.05, 0.1) is 12.8 Å². The lowest BCUT2D eigenvalue weighted by Gasteiger charge is -2.04. The number of methoxy groups -OCH3 is 1. The van der Waals surface area contributed by atoms with Crippen molar-refractivity contribution in [1.82, 2.24) is 9.97 Å². The van der Waals surface area contributed by atoms with E-state index in [0.29, 0.717) is 13.0 Å². The second kappa shape index (κ2) is 5.41. The minimum absolute atomic E-state index is 0.443. The zero-order valence-electron chi connectivity index (χ0n) is 9.76. The number of nitrogens with two attached hydrogens (primary N) is 1. The minimum atomic E-state index is 0.443. The van der Waals surface area contributed by atoms with E-state index in [2.05, 4.69) is 9.97 Å². The molecule has 0 spiro atoms. The smallest absolute Gasteiger partial charge is 0.132 e. The molecule has 0 saturated carbocycles. The van der Waals surface area contributed by atoms with Crippen molar-refractivity contribution in [2.24, 2.45) is 5.73 Å². The van der Waals surface area contributed by atoms with Crippen molar-refractivity contribution < 1.29 is 4.74 Å². The summed E-state index contributed by atoms with van der Waals surface area (Å²) in [5.41, 5.74) is 7.56. The van der Waals surface area contributed by atoms with Crippen LogP contribution in [0.3, 0.4) is 0 Å². The Morgan fingerprint density at radius 3 is 2.59 bits per heavy atom. The summed E-state index contributed by atoms with van der Waals surface area (Å²) in [6.45, 7) is 0.443. The topological polar surface area (TPSA) is 61.0 Å². The van der Waals surface area contributed by atoms with E-state index in [-0.39, 0.29) is 0 Å². The van der Waals surface area contributed by atoms with Gasteiger partial charge in [0.1, 0.15) is 11.6 Å². The Hall–Kier alpha value is -1.94. The molecule has 0 unspecified atom stereocenters. The Labute approximate surface area is 100 Å². The maximum absolute atomic E-state index is 5.54. The molecule has 0 radical (unpaired) electrons. The number of nitrogens with zero attached hydrogens (tertiary/aromatic N) is 2. The lowest BCUT2D eigenvalue weighted by Crippen LogP contribution is -2.04. The lowest BCUT2D eigenvalue weighted by atomic mass is 10.1. The normalized spacial score (nSPS) is 10.2. The second-order valence-electron chi connectivity index (χ2n) is 3.69. The summed E-state index contributed by atoms with van der Waals surface area (Å²) in [6, 6.07) is 9.72. The molecular weight excluding hydrogens is 214 g/mol. The molecule has 17 heavy (non-hydrogen) atoms. The first-order valence-corrected chi connectivity index (χ1v) is 5.45. The van der Waals surface area contributed by atoms with Crippen LogP contribution in [0.4, 0.5) is 0 Å². The molecule has 88 valence electrons. The zero-order chi connectivity index (χ0) is 12.1. The van der Waals surface area contributed by atoms with Gasteiger partial charge >= 0.3 is 0 Å². The first-order chi connectivity index (χ1) is 8.31. The molecule has 2 aromatic rings. The van der Waals surface area contributed by atoms with E-state index < -0.39 is 0 Å². The highest BCUT2D eigenvalue weighted by Gasteiger charge is 2.01. The average molecular weight is 229 g/mol. The number of rotatable bonds is 4. The predicted octanol–water partition coefficient (Wildman–Crippen LogP) is 1.53. The predicted molar refractivity (Wildman–Crippen MR) is 65.7 cm³/mol. The number of hydrogen-bond donors (Lipinski definition) is 1. The molecular formula is C13H15N3O. The van der Waals surface area contributed by atoms with Crippen LogP contribution in [0.1, 0.15) is 17.1 Å². The van der Waals surface area contributed by atoms with Crippen LogP contribution in [0.2, 0.25) is 0 Å². The summed E-state index contributed by atoms with van der Waals surface area (Å²) in [7, 11) is 1.66. The minimum Gasteiger partial charge on any atom is -0.497 e. The van der Waals surface area contributed by atoms with E-state index in [0.717, 1.165) is 22.8 Å². The molecule has 0 aliphatic carbocycles. The van der Waals surface area contributed by atoms with Crippen LogP contribution in [-0.2, 0) is 13.0 Å². The molecule has 1 aromatic heterocycles. The monoisotopic (exact) mass is 229 g/mol. The van der Waals surface area contributed by atoms with Crippen LogP contribution >= 0.6 is 0 Å². The summed E-state index contributed by atoms with van der Waals surface area (Å²) in [5.74, 6) is 1.64. The first-order valence-electron chi connectivity index (χ1n) is 5.45. The van der Waals surface area contributed by atoms with Crippen LogP contribution in [0, 0.1) is 0 Å². The Bertz CT molecular complexity index is 482. The van der Waals surface area contributed by atoms with Crippen LogP contribution in [0.25, 0.3) is 0 Å².